The van der Waals surface area contributed by atoms with Crippen LogP contribution >= 0.6 is 0 Å². The van der Waals surface area contributed by atoms with Gasteiger partial charge in [0.15, 0.2) is 0 Å². The summed E-state index contributed by atoms with van der Waals surface area (Å²) in [6.07, 6.45) is -5.19. The zero-order valence-corrected chi connectivity index (χ0v) is 10.4. The molecule has 0 bridgehead atoms. The van der Waals surface area contributed by atoms with Gasteiger partial charge < -0.3 is 5.73 Å². The molecule has 0 saturated heterocycles. The number of fused-ring (bicyclic) bond motifs is 3. The van der Waals surface area contributed by atoms with Crippen molar-refractivity contribution in [1.29, 1.82) is 0 Å². The van der Waals surface area contributed by atoms with E-state index in [1.54, 1.807) is 6.07 Å². The smallest absolute Gasteiger partial charge is 0.383 e. The average Bonchev–Trinajstić information content (AvgIpc) is 2.37. The van der Waals surface area contributed by atoms with Crippen molar-refractivity contribution in [1.82, 2.24) is 4.98 Å². The third-order valence-electron chi connectivity index (χ3n) is 3.20. The highest BCUT2D eigenvalue weighted by Crippen LogP contribution is 2.30. The Labute approximate surface area is 113 Å². The summed E-state index contributed by atoms with van der Waals surface area (Å²) < 4.78 is 37.3. The molecule has 0 aliphatic heterocycles. The first-order valence-electron chi connectivity index (χ1n) is 6.08. The number of hydrogen-bond donors (Lipinski definition) is 1. The van der Waals surface area contributed by atoms with E-state index in [4.69, 9.17) is 5.73 Å². The zero-order chi connectivity index (χ0) is 14.3. The highest BCUT2D eigenvalue weighted by molar-refractivity contribution is 6.09. The first-order chi connectivity index (χ1) is 9.44. The predicted octanol–water partition coefficient (Wildman–Crippen LogP) is 4.08. The molecule has 2 aromatic carbocycles. The van der Waals surface area contributed by atoms with Crippen LogP contribution in [-0.4, -0.2) is 11.2 Å². The number of nitrogen functional groups attached to an aromatic ring is 1. The summed E-state index contributed by atoms with van der Waals surface area (Å²) in [6, 6.07) is 12.1. The molecule has 0 aliphatic rings. The molecule has 20 heavy (non-hydrogen) atoms. The number of halogens is 3. The molecule has 0 fully saturated rings. The van der Waals surface area contributed by atoms with Gasteiger partial charge in [0.25, 0.3) is 0 Å². The minimum absolute atomic E-state index is 0.189. The van der Waals surface area contributed by atoms with Crippen LogP contribution in [0.25, 0.3) is 21.7 Å². The second-order valence-electron chi connectivity index (χ2n) is 4.69. The van der Waals surface area contributed by atoms with Crippen LogP contribution in [-0.2, 0) is 6.42 Å². The molecule has 0 aliphatic carbocycles. The van der Waals surface area contributed by atoms with Gasteiger partial charge in [-0.05, 0) is 23.1 Å². The number of para-hydroxylation sites is 1. The van der Waals surface area contributed by atoms with Crippen LogP contribution in [0.15, 0.2) is 42.5 Å². The Morgan fingerprint density at radius 3 is 2.45 bits per heavy atom. The summed E-state index contributed by atoms with van der Waals surface area (Å²) in [7, 11) is 0. The minimum Gasteiger partial charge on any atom is -0.383 e. The molecule has 1 heterocycles. The number of alkyl halides is 3. The topological polar surface area (TPSA) is 38.9 Å². The average molecular weight is 276 g/mol. The van der Waals surface area contributed by atoms with Crippen LogP contribution in [0.3, 0.4) is 0 Å². The number of anilines is 1. The van der Waals surface area contributed by atoms with Gasteiger partial charge in [-0.15, -0.1) is 0 Å². The summed E-state index contributed by atoms with van der Waals surface area (Å²) in [4.78, 5) is 4.24. The Kier molecular flexibility index (Phi) is 2.78. The number of benzene rings is 2. The number of pyridine rings is 1. The van der Waals surface area contributed by atoms with E-state index in [0.717, 1.165) is 16.3 Å². The SMILES string of the molecule is Nc1nc2ccccc2c2ccc(CC(F)(F)F)cc12. The van der Waals surface area contributed by atoms with E-state index in [-0.39, 0.29) is 11.4 Å². The standard InChI is InChI=1S/C15H11F3N2/c16-15(17,18)8-9-5-6-10-11-3-1-2-4-13(11)20-14(19)12(10)7-9/h1-7H,8H2,(H2,19,20). The van der Waals surface area contributed by atoms with Crippen LogP contribution in [0, 0.1) is 0 Å². The van der Waals surface area contributed by atoms with Gasteiger partial charge in [-0.1, -0.05) is 30.3 Å². The summed E-state index contributed by atoms with van der Waals surface area (Å²) in [6.45, 7) is 0. The van der Waals surface area contributed by atoms with Gasteiger partial charge in [-0.2, -0.15) is 13.2 Å². The summed E-state index contributed by atoms with van der Waals surface area (Å²) in [5.74, 6) is 0.253. The molecule has 3 aromatic rings. The Morgan fingerprint density at radius 1 is 0.950 bits per heavy atom. The number of nitrogens with two attached hydrogens (primary N) is 1. The van der Waals surface area contributed by atoms with E-state index in [0.29, 0.717) is 5.39 Å². The maximum absolute atomic E-state index is 12.4. The molecular formula is C15H11F3N2. The van der Waals surface area contributed by atoms with Crippen LogP contribution in [0.4, 0.5) is 19.0 Å². The molecule has 0 radical (unpaired) electrons. The lowest BCUT2D eigenvalue weighted by Gasteiger charge is -2.10. The first-order valence-corrected chi connectivity index (χ1v) is 6.08. The number of hydrogen-bond acceptors (Lipinski definition) is 2. The molecule has 2 N–H and O–H groups in total. The molecule has 0 unspecified atom stereocenters. The fourth-order valence-electron chi connectivity index (χ4n) is 2.37. The maximum Gasteiger partial charge on any atom is 0.393 e. The molecule has 2 nitrogen and oxygen atoms in total. The normalized spacial score (nSPS) is 12.2. The molecule has 5 heteroatoms. The van der Waals surface area contributed by atoms with Crippen molar-refractivity contribution in [2.45, 2.75) is 12.6 Å². The molecule has 0 saturated carbocycles. The third-order valence-corrected chi connectivity index (χ3v) is 3.20. The fraction of sp³-hybridized carbons (Fsp3) is 0.133. The molecule has 3 rings (SSSR count). The third kappa shape index (κ3) is 2.27. The van der Waals surface area contributed by atoms with E-state index in [9.17, 15) is 13.2 Å². The predicted molar refractivity (Wildman–Crippen MR) is 73.4 cm³/mol. The quantitative estimate of drug-likeness (QED) is 0.680. The van der Waals surface area contributed by atoms with E-state index in [1.807, 2.05) is 24.3 Å². The fourth-order valence-corrected chi connectivity index (χ4v) is 2.37. The van der Waals surface area contributed by atoms with E-state index < -0.39 is 12.6 Å². The lowest BCUT2D eigenvalue weighted by molar-refractivity contribution is -0.127. The summed E-state index contributed by atoms with van der Waals surface area (Å²) in [5.41, 5.74) is 6.79. The Morgan fingerprint density at radius 2 is 1.70 bits per heavy atom. The number of nitrogens with zero attached hydrogens (tertiary/aromatic N) is 1. The van der Waals surface area contributed by atoms with Crippen molar-refractivity contribution < 1.29 is 13.2 Å². The van der Waals surface area contributed by atoms with Crippen molar-refractivity contribution in [2.24, 2.45) is 0 Å². The monoisotopic (exact) mass is 276 g/mol. The van der Waals surface area contributed by atoms with E-state index >= 15 is 0 Å². The largest absolute Gasteiger partial charge is 0.393 e. The van der Waals surface area contributed by atoms with E-state index in [1.165, 1.54) is 12.1 Å². The minimum atomic E-state index is -4.23. The molecule has 102 valence electrons. The Balaban J connectivity index is 2.25. The zero-order valence-electron chi connectivity index (χ0n) is 10.4. The van der Waals surface area contributed by atoms with Gasteiger partial charge in [-0.3, -0.25) is 0 Å². The van der Waals surface area contributed by atoms with Crippen molar-refractivity contribution in [3.8, 4) is 0 Å². The van der Waals surface area contributed by atoms with Gasteiger partial charge in [-0.25, -0.2) is 4.98 Å². The molecule has 0 spiro atoms. The Bertz CT molecular complexity index is 794. The highest BCUT2D eigenvalue weighted by atomic mass is 19.4. The van der Waals surface area contributed by atoms with Crippen LogP contribution < -0.4 is 5.73 Å². The molecule has 1 aromatic heterocycles. The number of rotatable bonds is 1. The lowest BCUT2D eigenvalue weighted by atomic mass is 10.0. The van der Waals surface area contributed by atoms with Gasteiger partial charge in [0.2, 0.25) is 0 Å². The van der Waals surface area contributed by atoms with Crippen molar-refractivity contribution in [2.75, 3.05) is 5.73 Å². The summed E-state index contributed by atoms with van der Waals surface area (Å²) in [5, 5.41) is 2.26. The molecular weight excluding hydrogens is 265 g/mol. The van der Waals surface area contributed by atoms with Gasteiger partial charge in [0.1, 0.15) is 5.82 Å². The van der Waals surface area contributed by atoms with Gasteiger partial charge in [0.05, 0.1) is 11.9 Å². The van der Waals surface area contributed by atoms with Crippen LogP contribution in [0.5, 0.6) is 0 Å². The second-order valence-corrected chi connectivity index (χ2v) is 4.69. The van der Waals surface area contributed by atoms with Crippen molar-refractivity contribution in [3.05, 3.63) is 48.0 Å². The molecule has 0 atom stereocenters. The first kappa shape index (κ1) is 12.7. The van der Waals surface area contributed by atoms with Crippen LogP contribution in [0.1, 0.15) is 5.56 Å². The summed E-state index contributed by atoms with van der Waals surface area (Å²) >= 11 is 0. The van der Waals surface area contributed by atoms with Gasteiger partial charge in [0, 0.05) is 10.8 Å². The van der Waals surface area contributed by atoms with E-state index in [2.05, 4.69) is 4.98 Å². The maximum atomic E-state index is 12.4. The highest BCUT2D eigenvalue weighted by Gasteiger charge is 2.27. The molecule has 0 amide bonds. The van der Waals surface area contributed by atoms with Crippen LogP contribution in [0.2, 0.25) is 0 Å². The van der Waals surface area contributed by atoms with Gasteiger partial charge >= 0.3 is 6.18 Å². The lowest BCUT2D eigenvalue weighted by Crippen LogP contribution is -2.11. The Hall–Kier alpha value is -2.30. The second kappa shape index (κ2) is 4.37. The number of aromatic nitrogens is 1. The van der Waals surface area contributed by atoms with Crippen molar-refractivity contribution in [3.63, 3.8) is 0 Å². The van der Waals surface area contributed by atoms with Crippen molar-refractivity contribution >= 4 is 27.5 Å².